The maximum atomic E-state index is 12.5. The molecule has 5 heteroatoms. The van der Waals surface area contributed by atoms with E-state index in [2.05, 4.69) is 10.3 Å². The molecule has 1 aromatic rings. The Kier molecular flexibility index (Phi) is 5.85. The summed E-state index contributed by atoms with van der Waals surface area (Å²) in [5, 5.41) is 3.45. The number of anilines is 1. The van der Waals surface area contributed by atoms with Gasteiger partial charge in [-0.05, 0) is 37.8 Å². The zero-order valence-corrected chi connectivity index (χ0v) is 13.6. The van der Waals surface area contributed by atoms with Crippen LogP contribution < -0.4 is 5.32 Å². The highest BCUT2D eigenvalue weighted by atomic mass is 35.5. The molecule has 0 atom stereocenters. The smallest absolute Gasteiger partial charge is 0.253 e. The van der Waals surface area contributed by atoms with E-state index in [9.17, 15) is 4.79 Å². The summed E-state index contributed by atoms with van der Waals surface area (Å²) in [5.74, 6) is 1.31. The molecule has 1 amide bonds. The first kappa shape index (κ1) is 16.1. The molecule has 1 aliphatic carbocycles. The van der Waals surface area contributed by atoms with Gasteiger partial charge in [0.1, 0.15) is 11.0 Å². The van der Waals surface area contributed by atoms with Gasteiger partial charge >= 0.3 is 0 Å². The molecule has 0 aliphatic heterocycles. The maximum Gasteiger partial charge on any atom is 0.253 e. The molecule has 1 N–H and O–H groups in total. The van der Waals surface area contributed by atoms with Crippen molar-refractivity contribution in [3.05, 3.63) is 22.8 Å². The second-order valence-electron chi connectivity index (χ2n) is 5.78. The Bertz CT molecular complexity index is 486. The molecule has 0 saturated heterocycles. The topological polar surface area (TPSA) is 45.2 Å². The fourth-order valence-electron chi connectivity index (χ4n) is 2.95. The van der Waals surface area contributed by atoms with Gasteiger partial charge < -0.3 is 10.2 Å². The van der Waals surface area contributed by atoms with Gasteiger partial charge in [-0.1, -0.05) is 30.9 Å². The normalized spacial score (nSPS) is 15.8. The second kappa shape index (κ2) is 7.64. The van der Waals surface area contributed by atoms with E-state index in [0.29, 0.717) is 22.5 Å². The van der Waals surface area contributed by atoms with E-state index in [-0.39, 0.29) is 5.91 Å². The number of hydrogen-bond donors (Lipinski definition) is 1. The molecule has 1 aliphatic rings. The zero-order chi connectivity index (χ0) is 15.2. The van der Waals surface area contributed by atoms with Gasteiger partial charge in [-0.15, -0.1) is 0 Å². The van der Waals surface area contributed by atoms with Crippen molar-refractivity contribution in [2.24, 2.45) is 5.92 Å². The summed E-state index contributed by atoms with van der Waals surface area (Å²) < 4.78 is 0. The first-order valence-electron chi connectivity index (χ1n) is 7.77. The van der Waals surface area contributed by atoms with E-state index < -0.39 is 0 Å². The molecule has 116 valence electrons. The fourth-order valence-corrected chi connectivity index (χ4v) is 3.16. The lowest BCUT2D eigenvalue weighted by Gasteiger charge is -2.27. The lowest BCUT2D eigenvalue weighted by molar-refractivity contribution is 0.0760. The standard InChI is InChI=1S/C16H24ClN3O/c1-3-18-15-10-13(9-14(17)19-15)16(21)20(2)11-12-7-5-4-6-8-12/h9-10,12H,3-8,11H2,1-2H3,(H,18,19). The number of amides is 1. The van der Waals surface area contributed by atoms with Crippen LogP contribution in [-0.4, -0.2) is 35.9 Å². The number of nitrogens with zero attached hydrogens (tertiary/aromatic N) is 2. The molecule has 21 heavy (non-hydrogen) atoms. The lowest BCUT2D eigenvalue weighted by atomic mass is 9.89. The molecule has 1 saturated carbocycles. The van der Waals surface area contributed by atoms with Gasteiger partial charge in [-0.2, -0.15) is 0 Å². The largest absolute Gasteiger partial charge is 0.370 e. The van der Waals surface area contributed by atoms with Gasteiger partial charge in [-0.3, -0.25) is 4.79 Å². The molecule has 2 rings (SSSR count). The van der Waals surface area contributed by atoms with Crippen LogP contribution in [0.25, 0.3) is 0 Å². The van der Waals surface area contributed by atoms with Crippen molar-refractivity contribution >= 4 is 23.3 Å². The molecular weight excluding hydrogens is 286 g/mol. The number of pyridine rings is 1. The molecule has 0 spiro atoms. The summed E-state index contributed by atoms with van der Waals surface area (Å²) in [4.78, 5) is 18.5. The van der Waals surface area contributed by atoms with Crippen LogP contribution in [0.5, 0.6) is 0 Å². The van der Waals surface area contributed by atoms with Gasteiger partial charge in [0, 0.05) is 25.7 Å². The van der Waals surface area contributed by atoms with E-state index in [0.717, 1.165) is 13.1 Å². The third kappa shape index (κ3) is 4.60. The summed E-state index contributed by atoms with van der Waals surface area (Å²) in [7, 11) is 1.87. The highest BCUT2D eigenvalue weighted by molar-refractivity contribution is 6.29. The molecule has 1 aromatic heterocycles. The quantitative estimate of drug-likeness (QED) is 0.841. The summed E-state index contributed by atoms with van der Waals surface area (Å²) in [6.07, 6.45) is 6.38. The van der Waals surface area contributed by atoms with Crippen molar-refractivity contribution in [2.75, 3.05) is 25.5 Å². The number of carbonyl (C=O) groups is 1. The Hall–Kier alpha value is -1.29. The highest BCUT2D eigenvalue weighted by Crippen LogP contribution is 2.25. The van der Waals surface area contributed by atoms with Gasteiger partial charge in [0.2, 0.25) is 0 Å². The van der Waals surface area contributed by atoms with E-state index in [1.807, 2.05) is 18.9 Å². The second-order valence-corrected chi connectivity index (χ2v) is 6.17. The van der Waals surface area contributed by atoms with E-state index >= 15 is 0 Å². The van der Waals surface area contributed by atoms with Crippen LogP contribution in [0.3, 0.4) is 0 Å². The molecule has 0 unspecified atom stereocenters. The summed E-state index contributed by atoms with van der Waals surface area (Å²) in [6, 6.07) is 3.41. The predicted octanol–water partition coefficient (Wildman–Crippen LogP) is 3.82. The Balaban J connectivity index is 2.03. The minimum Gasteiger partial charge on any atom is -0.370 e. The predicted molar refractivity (Wildman–Crippen MR) is 86.9 cm³/mol. The van der Waals surface area contributed by atoms with Gasteiger partial charge in [0.15, 0.2) is 0 Å². The van der Waals surface area contributed by atoms with Crippen LogP contribution >= 0.6 is 11.6 Å². The van der Waals surface area contributed by atoms with Crippen LogP contribution in [0, 0.1) is 5.92 Å². The molecule has 1 heterocycles. The van der Waals surface area contributed by atoms with Crippen molar-refractivity contribution in [2.45, 2.75) is 39.0 Å². The fraction of sp³-hybridized carbons (Fsp3) is 0.625. The summed E-state index contributed by atoms with van der Waals surface area (Å²) >= 11 is 6.00. The first-order valence-corrected chi connectivity index (χ1v) is 8.15. The van der Waals surface area contributed by atoms with Crippen molar-refractivity contribution in [1.29, 1.82) is 0 Å². The SMILES string of the molecule is CCNc1cc(C(=O)N(C)CC2CCCCC2)cc(Cl)n1. The average molecular weight is 310 g/mol. The number of hydrogen-bond acceptors (Lipinski definition) is 3. The van der Waals surface area contributed by atoms with Crippen LogP contribution in [0.15, 0.2) is 12.1 Å². The van der Waals surface area contributed by atoms with Crippen LogP contribution in [0.4, 0.5) is 5.82 Å². The number of aromatic nitrogens is 1. The molecule has 0 radical (unpaired) electrons. The summed E-state index contributed by atoms with van der Waals surface area (Å²) in [5.41, 5.74) is 0.601. The number of nitrogens with one attached hydrogen (secondary N) is 1. The van der Waals surface area contributed by atoms with Crippen molar-refractivity contribution < 1.29 is 4.79 Å². The third-order valence-corrected chi connectivity index (χ3v) is 4.20. The van der Waals surface area contributed by atoms with Crippen LogP contribution in [0.1, 0.15) is 49.4 Å². The Labute approximate surface area is 131 Å². The summed E-state index contributed by atoms with van der Waals surface area (Å²) in [6.45, 7) is 3.56. The first-order chi connectivity index (χ1) is 10.1. The van der Waals surface area contributed by atoms with E-state index in [1.165, 1.54) is 32.1 Å². The number of halogens is 1. The van der Waals surface area contributed by atoms with E-state index in [4.69, 9.17) is 11.6 Å². The molecule has 0 aromatic carbocycles. The zero-order valence-electron chi connectivity index (χ0n) is 12.9. The van der Waals surface area contributed by atoms with Crippen molar-refractivity contribution in [3.63, 3.8) is 0 Å². The number of rotatable bonds is 5. The Morgan fingerprint density at radius 2 is 2.10 bits per heavy atom. The molecular formula is C16H24ClN3O. The van der Waals surface area contributed by atoms with Crippen LogP contribution in [0.2, 0.25) is 5.15 Å². The molecule has 4 nitrogen and oxygen atoms in total. The molecule has 0 bridgehead atoms. The maximum absolute atomic E-state index is 12.5. The monoisotopic (exact) mass is 309 g/mol. The minimum atomic E-state index is 0.0176. The van der Waals surface area contributed by atoms with Crippen molar-refractivity contribution in [3.8, 4) is 0 Å². The lowest BCUT2D eigenvalue weighted by Crippen LogP contribution is -2.32. The van der Waals surface area contributed by atoms with Gasteiger partial charge in [0.05, 0.1) is 0 Å². The van der Waals surface area contributed by atoms with Gasteiger partial charge in [-0.25, -0.2) is 4.98 Å². The van der Waals surface area contributed by atoms with Gasteiger partial charge in [0.25, 0.3) is 5.91 Å². The Morgan fingerprint density at radius 3 is 2.76 bits per heavy atom. The van der Waals surface area contributed by atoms with Crippen LogP contribution in [-0.2, 0) is 0 Å². The molecule has 1 fully saturated rings. The highest BCUT2D eigenvalue weighted by Gasteiger charge is 2.20. The average Bonchev–Trinajstić information content (AvgIpc) is 2.47. The Morgan fingerprint density at radius 1 is 1.38 bits per heavy atom. The minimum absolute atomic E-state index is 0.0176. The van der Waals surface area contributed by atoms with E-state index in [1.54, 1.807) is 12.1 Å². The third-order valence-electron chi connectivity index (χ3n) is 4.00. The van der Waals surface area contributed by atoms with Crippen molar-refractivity contribution in [1.82, 2.24) is 9.88 Å². The number of carbonyl (C=O) groups excluding carboxylic acids is 1.